The van der Waals surface area contributed by atoms with E-state index in [4.69, 9.17) is 0 Å². The SMILES string of the molecule is Cl.O=C(c1cccc(C(F)(F)F)c1)N1CCN(C(=O)C2CCCCN2)CC1. The molecule has 2 heterocycles. The van der Waals surface area contributed by atoms with Crippen LogP contribution < -0.4 is 5.32 Å². The van der Waals surface area contributed by atoms with Crippen LogP contribution in [-0.2, 0) is 11.0 Å². The van der Waals surface area contributed by atoms with Crippen LogP contribution in [0.15, 0.2) is 24.3 Å². The first-order valence-corrected chi connectivity index (χ1v) is 8.85. The van der Waals surface area contributed by atoms with Crippen LogP contribution in [0.4, 0.5) is 13.2 Å². The van der Waals surface area contributed by atoms with Gasteiger partial charge in [-0.2, -0.15) is 13.2 Å². The Kier molecular flexibility index (Phi) is 7.11. The molecule has 1 unspecified atom stereocenters. The third-order valence-corrected chi connectivity index (χ3v) is 4.92. The van der Waals surface area contributed by atoms with Crippen LogP contribution in [0.5, 0.6) is 0 Å². The molecular formula is C18H23ClF3N3O2. The number of amides is 2. The van der Waals surface area contributed by atoms with Gasteiger partial charge in [-0.25, -0.2) is 0 Å². The van der Waals surface area contributed by atoms with Gasteiger partial charge < -0.3 is 15.1 Å². The number of piperidine rings is 1. The highest BCUT2D eigenvalue weighted by molar-refractivity contribution is 5.94. The number of benzene rings is 1. The third kappa shape index (κ3) is 5.13. The van der Waals surface area contributed by atoms with E-state index < -0.39 is 17.6 Å². The highest BCUT2D eigenvalue weighted by atomic mass is 35.5. The molecule has 9 heteroatoms. The van der Waals surface area contributed by atoms with Gasteiger partial charge in [-0.15, -0.1) is 12.4 Å². The second kappa shape index (κ2) is 8.93. The monoisotopic (exact) mass is 405 g/mol. The second-order valence-corrected chi connectivity index (χ2v) is 6.70. The third-order valence-electron chi connectivity index (χ3n) is 4.92. The van der Waals surface area contributed by atoms with Crippen LogP contribution in [0.25, 0.3) is 0 Å². The van der Waals surface area contributed by atoms with Crippen molar-refractivity contribution in [3.8, 4) is 0 Å². The van der Waals surface area contributed by atoms with E-state index >= 15 is 0 Å². The number of alkyl halides is 3. The van der Waals surface area contributed by atoms with Crippen molar-refractivity contribution in [2.45, 2.75) is 31.5 Å². The van der Waals surface area contributed by atoms with E-state index in [0.29, 0.717) is 26.2 Å². The number of rotatable bonds is 2. The van der Waals surface area contributed by atoms with Crippen LogP contribution in [-0.4, -0.2) is 60.4 Å². The Morgan fingerprint density at radius 2 is 1.70 bits per heavy atom. The van der Waals surface area contributed by atoms with Crippen LogP contribution in [0, 0.1) is 0 Å². The van der Waals surface area contributed by atoms with Gasteiger partial charge >= 0.3 is 6.18 Å². The first-order chi connectivity index (χ1) is 12.4. The van der Waals surface area contributed by atoms with E-state index in [2.05, 4.69) is 5.32 Å². The zero-order valence-corrected chi connectivity index (χ0v) is 15.6. The Bertz CT molecular complexity index is 670. The zero-order valence-electron chi connectivity index (χ0n) is 14.8. The molecule has 2 saturated heterocycles. The molecule has 5 nitrogen and oxygen atoms in total. The molecule has 0 radical (unpaired) electrons. The van der Waals surface area contributed by atoms with Crippen molar-refractivity contribution in [3.63, 3.8) is 0 Å². The van der Waals surface area contributed by atoms with E-state index in [9.17, 15) is 22.8 Å². The lowest BCUT2D eigenvalue weighted by Gasteiger charge is -2.37. The van der Waals surface area contributed by atoms with Crippen molar-refractivity contribution in [3.05, 3.63) is 35.4 Å². The van der Waals surface area contributed by atoms with Gasteiger partial charge in [-0.1, -0.05) is 12.5 Å². The quantitative estimate of drug-likeness (QED) is 0.822. The summed E-state index contributed by atoms with van der Waals surface area (Å²) in [7, 11) is 0. The Hall–Kier alpha value is -1.80. The summed E-state index contributed by atoms with van der Waals surface area (Å²) in [6, 6.07) is 4.30. The van der Waals surface area contributed by atoms with Crippen molar-refractivity contribution < 1.29 is 22.8 Å². The molecule has 0 spiro atoms. The highest BCUT2D eigenvalue weighted by Gasteiger charge is 2.33. The van der Waals surface area contributed by atoms with Crippen molar-refractivity contribution in [2.75, 3.05) is 32.7 Å². The maximum atomic E-state index is 12.8. The first-order valence-electron chi connectivity index (χ1n) is 8.85. The molecule has 2 fully saturated rings. The average Bonchev–Trinajstić information content (AvgIpc) is 2.67. The fraction of sp³-hybridized carbons (Fsp3) is 0.556. The Labute approximate surface area is 162 Å². The van der Waals surface area contributed by atoms with Gasteiger partial charge in [-0.3, -0.25) is 9.59 Å². The van der Waals surface area contributed by atoms with E-state index in [0.717, 1.165) is 37.9 Å². The molecule has 1 aromatic carbocycles. The number of nitrogens with zero attached hydrogens (tertiary/aromatic N) is 2. The summed E-state index contributed by atoms with van der Waals surface area (Å²) in [5, 5.41) is 3.22. The van der Waals surface area contributed by atoms with E-state index in [1.807, 2.05) is 0 Å². The van der Waals surface area contributed by atoms with Crippen LogP contribution in [0.2, 0.25) is 0 Å². The zero-order chi connectivity index (χ0) is 18.7. The van der Waals surface area contributed by atoms with Crippen molar-refractivity contribution in [2.24, 2.45) is 0 Å². The number of carbonyl (C=O) groups excluding carboxylic acids is 2. The van der Waals surface area contributed by atoms with Crippen LogP contribution in [0.3, 0.4) is 0 Å². The van der Waals surface area contributed by atoms with Crippen LogP contribution in [0.1, 0.15) is 35.2 Å². The van der Waals surface area contributed by atoms with E-state index in [-0.39, 0.29) is 29.9 Å². The predicted molar refractivity (Wildman–Crippen MR) is 96.8 cm³/mol. The van der Waals surface area contributed by atoms with E-state index in [1.165, 1.54) is 17.0 Å². The maximum absolute atomic E-state index is 12.8. The molecule has 0 aromatic heterocycles. The van der Waals surface area contributed by atoms with Crippen molar-refractivity contribution >= 4 is 24.2 Å². The molecule has 2 amide bonds. The molecule has 27 heavy (non-hydrogen) atoms. The number of nitrogens with one attached hydrogen (secondary N) is 1. The minimum atomic E-state index is -4.48. The van der Waals surface area contributed by atoms with Gasteiger partial charge in [0.2, 0.25) is 5.91 Å². The number of hydrogen-bond acceptors (Lipinski definition) is 3. The number of piperazine rings is 1. The molecule has 0 aliphatic carbocycles. The molecule has 0 saturated carbocycles. The fourth-order valence-electron chi connectivity index (χ4n) is 3.42. The highest BCUT2D eigenvalue weighted by Crippen LogP contribution is 2.29. The standard InChI is InChI=1S/C18H22F3N3O2.ClH/c19-18(20,21)14-5-3-4-13(12-14)16(25)23-8-10-24(11-9-23)17(26)15-6-1-2-7-22-15;/h3-5,12,15,22H,1-2,6-11H2;1H. The molecule has 2 aliphatic heterocycles. The Morgan fingerprint density at radius 1 is 1.04 bits per heavy atom. The molecule has 2 aliphatic rings. The van der Waals surface area contributed by atoms with Gasteiger partial charge in [0.25, 0.3) is 5.91 Å². The van der Waals surface area contributed by atoms with Crippen molar-refractivity contribution in [1.29, 1.82) is 0 Å². The summed E-state index contributed by atoms with van der Waals surface area (Å²) in [6.45, 7) is 2.30. The first kappa shape index (κ1) is 21.5. The van der Waals surface area contributed by atoms with Gasteiger partial charge in [0, 0.05) is 31.7 Å². The lowest BCUT2D eigenvalue weighted by molar-refractivity contribution is -0.137. The fourth-order valence-corrected chi connectivity index (χ4v) is 3.42. The van der Waals surface area contributed by atoms with Crippen LogP contribution >= 0.6 is 12.4 Å². The van der Waals surface area contributed by atoms with Gasteiger partial charge in [0.1, 0.15) is 0 Å². The molecule has 3 rings (SSSR count). The van der Waals surface area contributed by atoms with Gasteiger partial charge in [-0.05, 0) is 37.6 Å². The molecular weight excluding hydrogens is 383 g/mol. The summed E-state index contributed by atoms with van der Waals surface area (Å²) in [6.07, 6.45) is -1.56. The lowest BCUT2D eigenvalue weighted by Crippen LogP contribution is -2.55. The molecule has 0 bridgehead atoms. The number of halogens is 4. The lowest BCUT2D eigenvalue weighted by atomic mass is 10.0. The molecule has 1 aromatic rings. The smallest absolute Gasteiger partial charge is 0.338 e. The summed E-state index contributed by atoms with van der Waals surface area (Å²) in [4.78, 5) is 28.2. The maximum Gasteiger partial charge on any atom is 0.416 e. The summed E-state index contributed by atoms with van der Waals surface area (Å²) in [5.74, 6) is -0.380. The topological polar surface area (TPSA) is 52.7 Å². The summed E-state index contributed by atoms with van der Waals surface area (Å²) in [5.41, 5.74) is -0.811. The second-order valence-electron chi connectivity index (χ2n) is 6.70. The average molecular weight is 406 g/mol. The summed E-state index contributed by atoms with van der Waals surface area (Å²) >= 11 is 0. The number of carbonyl (C=O) groups is 2. The van der Waals surface area contributed by atoms with Gasteiger partial charge in [0.05, 0.1) is 11.6 Å². The Morgan fingerprint density at radius 3 is 2.30 bits per heavy atom. The molecule has 1 atom stereocenters. The van der Waals surface area contributed by atoms with E-state index in [1.54, 1.807) is 4.90 Å². The Balaban J connectivity index is 0.00000261. The van der Waals surface area contributed by atoms with Crippen molar-refractivity contribution in [1.82, 2.24) is 15.1 Å². The minimum Gasteiger partial charge on any atom is -0.338 e. The molecule has 1 N–H and O–H groups in total. The summed E-state index contributed by atoms with van der Waals surface area (Å²) < 4.78 is 38.4. The molecule has 150 valence electrons. The normalized spacial score (nSPS) is 20.8. The number of hydrogen-bond donors (Lipinski definition) is 1. The predicted octanol–water partition coefficient (Wildman–Crippen LogP) is 2.55. The minimum absolute atomic E-state index is 0. The largest absolute Gasteiger partial charge is 0.416 e. The van der Waals surface area contributed by atoms with Gasteiger partial charge in [0.15, 0.2) is 0 Å².